The molecule has 0 aliphatic heterocycles. The first-order valence-corrected chi connectivity index (χ1v) is 6.76. The fourth-order valence-corrected chi connectivity index (χ4v) is 2.15. The molecule has 1 rings (SSSR count). The largest absolute Gasteiger partial charge is 0.309 e. The molecule has 1 N–H and O–H groups in total. The highest BCUT2D eigenvalue weighted by atomic mass is 32.2. The predicted molar refractivity (Wildman–Crippen MR) is 61.4 cm³/mol. The van der Waals surface area contributed by atoms with Gasteiger partial charge in [-0.25, -0.2) is 4.98 Å². The Morgan fingerprint density at radius 2 is 2.54 bits per heavy atom. The van der Waals surface area contributed by atoms with Gasteiger partial charge < -0.3 is 5.32 Å². The molecule has 1 heterocycles. The third-order valence-electron chi connectivity index (χ3n) is 1.87. The number of thioether (sulfide) groups is 1. The molecule has 74 valence electrons. The van der Waals surface area contributed by atoms with Crippen LogP contribution in [-0.4, -0.2) is 23.0 Å². The van der Waals surface area contributed by atoms with E-state index < -0.39 is 0 Å². The van der Waals surface area contributed by atoms with E-state index in [1.807, 2.05) is 17.3 Å². The zero-order valence-corrected chi connectivity index (χ0v) is 9.75. The molecule has 0 aliphatic carbocycles. The van der Waals surface area contributed by atoms with Crippen molar-refractivity contribution in [2.24, 2.45) is 0 Å². The first kappa shape index (κ1) is 11.0. The van der Waals surface area contributed by atoms with Crippen LogP contribution in [0.15, 0.2) is 10.9 Å². The van der Waals surface area contributed by atoms with Crippen molar-refractivity contribution in [1.82, 2.24) is 10.3 Å². The Morgan fingerprint density at radius 3 is 3.15 bits per heavy atom. The highest BCUT2D eigenvalue weighted by Gasteiger charge is 2.01. The molecular weight excluding hydrogens is 200 g/mol. The second kappa shape index (κ2) is 6.40. The van der Waals surface area contributed by atoms with E-state index >= 15 is 0 Å². The monoisotopic (exact) mass is 216 g/mol. The van der Waals surface area contributed by atoms with Crippen LogP contribution in [0, 0.1) is 0 Å². The maximum atomic E-state index is 4.22. The van der Waals surface area contributed by atoms with Crippen molar-refractivity contribution in [2.45, 2.75) is 25.9 Å². The molecule has 13 heavy (non-hydrogen) atoms. The lowest BCUT2D eigenvalue weighted by molar-refractivity contribution is 0.533. The summed E-state index contributed by atoms with van der Waals surface area (Å²) in [6, 6.07) is 0.592. The van der Waals surface area contributed by atoms with Gasteiger partial charge in [-0.3, -0.25) is 0 Å². The van der Waals surface area contributed by atoms with E-state index in [1.54, 1.807) is 11.3 Å². The van der Waals surface area contributed by atoms with Crippen LogP contribution in [0.1, 0.15) is 19.0 Å². The molecule has 0 amide bonds. The fourth-order valence-electron chi connectivity index (χ4n) is 1.00. The minimum Gasteiger partial charge on any atom is -0.309 e. The molecule has 0 fully saturated rings. The van der Waals surface area contributed by atoms with Crippen LogP contribution < -0.4 is 5.32 Å². The Hall–Kier alpha value is -0.0600. The van der Waals surface area contributed by atoms with Gasteiger partial charge in [0.15, 0.2) is 0 Å². The van der Waals surface area contributed by atoms with Crippen molar-refractivity contribution >= 4 is 23.1 Å². The van der Waals surface area contributed by atoms with Crippen LogP contribution in [-0.2, 0) is 6.54 Å². The summed E-state index contributed by atoms with van der Waals surface area (Å²) in [4.78, 5) is 4.22. The molecule has 0 saturated carbocycles. The molecule has 0 aromatic carbocycles. The summed E-state index contributed by atoms with van der Waals surface area (Å²) in [5.74, 6) is 1.23. The number of nitrogens with zero attached hydrogens (tertiary/aromatic N) is 1. The quantitative estimate of drug-likeness (QED) is 0.790. The molecule has 4 heteroatoms. The highest BCUT2D eigenvalue weighted by molar-refractivity contribution is 7.98. The number of rotatable bonds is 6. The smallest absolute Gasteiger partial charge is 0.0795 e. The Bertz CT molecular complexity index is 211. The molecule has 1 aromatic rings. The first-order chi connectivity index (χ1) is 6.33. The lowest BCUT2D eigenvalue weighted by Crippen LogP contribution is -2.26. The summed E-state index contributed by atoms with van der Waals surface area (Å²) in [5, 5.41) is 5.54. The summed E-state index contributed by atoms with van der Waals surface area (Å²) in [5.41, 5.74) is 3.03. The van der Waals surface area contributed by atoms with Gasteiger partial charge in [-0.05, 0) is 25.4 Å². The van der Waals surface area contributed by atoms with Crippen LogP contribution in [0.2, 0.25) is 0 Å². The SMILES string of the molecule is CSCCC(C)NCc1cscn1. The van der Waals surface area contributed by atoms with E-state index in [1.165, 1.54) is 12.2 Å². The van der Waals surface area contributed by atoms with Gasteiger partial charge in [0.25, 0.3) is 0 Å². The standard InChI is InChI=1S/C9H16N2S2/c1-8(3-4-12-2)10-5-9-6-13-7-11-9/h6-8,10H,3-5H2,1-2H3. The van der Waals surface area contributed by atoms with Crippen molar-refractivity contribution in [3.63, 3.8) is 0 Å². The van der Waals surface area contributed by atoms with Crippen LogP contribution in [0.5, 0.6) is 0 Å². The van der Waals surface area contributed by atoms with Crippen molar-refractivity contribution in [3.05, 3.63) is 16.6 Å². The number of aromatic nitrogens is 1. The Morgan fingerprint density at radius 1 is 1.69 bits per heavy atom. The van der Waals surface area contributed by atoms with Gasteiger partial charge in [0.05, 0.1) is 11.2 Å². The Balaban J connectivity index is 2.11. The maximum Gasteiger partial charge on any atom is 0.0795 e. The lowest BCUT2D eigenvalue weighted by Gasteiger charge is -2.11. The van der Waals surface area contributed by atoms with Crippen LogP contribution in [0.3, 0.4) is 0 Å². The highest BCUT2D eigenvalue weighted by Crippen LogP contribution is 2.03. The van der Waals surface area contributed by atoms with Crippen molar-refractivity contribution in [3.8, 4) is 0 Å². The summed E-state index contributed by atoms with van der Waals surface area (Å²) in [7, 11) is 0. The van der Waals surface area contributed by atoms with E-state index in [2.05, 4.69) is 28.9 Å². The molecule has 0 bridgehead atoms. The zero-order valence-electron chi connectivity index (χ0n) is 8.12. The van der Waals surface area contributed by atoms with Gasteiger partial charge in [-0.1, -0.05) is 0 Å². The average Bonchev–Trinajstić information content (AvgIpc) is 2.64. The lowest BCUT2D eigenvalue weighted by atomic mass is 10.2. The number of hydrogen-bond acceptors (Lipinski definition) is 4. The molecule has 0 saturated heterocycles. The number of hydrogen-bond donors (Lipinski definition) is 1. The fraction of sp³-hybridized carbons (Fsp3) is 0.667. The third-order valence-corrected chi connectivity index (χ3v) is 3.15. The third kappa shape index (κ3) is 4.64. The Labute approximate surface area is 88.2 Å². The summed E-state index contributed by atoms with van der Waals surface area (Å²) in [6.45, 7) is 3.13. The van der Waals surface area contributed by atoms with E-state index in [-0.39, 0.29) is 0 Å². The molecule has 0 radical (unpaired) electrons. The molecule has 2 nitrogen and oxygen atoms in total. The van der Waals surface area contributed by atoms with E-state index in [4.69, 9.17) is 0 Å². The first-order valence-electron chi connectivity index (χ1n) is 4.42. The average molecular weight is 216 g/mol. The van der Waals surface area contributed by atoms with E-state index in [0.29, 0.717) is 6.04 Å². The zero-order chi connectivity index (χ0) is 9.52. The minimum atomic E-state index is 0.592. The van der Waals surface area contributed by atoms with E-state index in [9.17, 15) is 0 Å². The van der Waals surface area contributed by atoms with Crippen molar-refractivity contribution in [1.29, 1.82) is 0 Å². The van der Waals surface area contributed by atoms with Crippen LogP contribution >= 0.6 is 23.1 Å². The number of nitrogens with one attached hydrogen (secondary N) is 1. The molecule has 0 spiro atoms. The van der Waals surface area contributed by atoms with Crippen LogP contribution in [0.4, 0.5) is 0 Å². The van der Waals surface area contributed by atoms with Crippen LogP contribution in [0.25, 0.3) is 0 Å². The summed E-state index contributed by atoms with van der Waals surface area (Å²) in [6.07, 6.45) is 3.37. The molecule has 1 atom stereocenters. The molecule has 1 aromatic heterocycles. The van der Waals surface area contributed by atoms with Gasteiger partial charge in [0.2, 0.25) is 0 Å². The second-order valence-corrected chi connectivity index (χ2v) is 4.75. The molecule has 0 aliphatic rings. The summed E-state index contributed by atoms with van der Waals surface area (Å²) < 4.78 is 0. The summed E-state index contributed by atoms with van der Waals surface area (Å²) >= 11 is 3.55. The molecular formula is C9H16N2S2. The predicted octanol–water partition coefficient (Wildman–Crippen LogP) is 2.37. The second-order valence-electron chi connectivity index (χ2n) is 3.04. The van der Waals surface area contributed by atoms with Gasteiger partial charge in [-0.15, -0.1) is 11.3 Å². The van der Waals surface area contributed by atoms with Gasteiger partial charge >= 0.3 is 0 Å². The van der Waals surface area contributed by atoms with Gasteiger partial charge in [0.1, 0.15) is 0 Å². The van der Waals surface area contributed by atoms with Crippen molar-refractivity contribution in [2.75, 3.05) is 12.0 Å². The Kier molecular flexibility index (Phi) is 5.43. The maximum absolute atomic E-state index is 4.22. The minimum absolute atomic E-state index is 0.592. The van der Waals surface area contributed by atoms with Crippen molar-refractivity contribution < 1.29 is 0 Å². The van der Waals surface area contributed by atoms with Gasteiger partial charge in [0, 0.05) is 18.0 Å². The normalized spacial score (nSPS) is 13.1. The van der Waals surface area contributed by atoms with E-state index in [0.717, 1.165) is 12.2 Å². The topological polar surface area (TPSA) is 24.9 Å². The molecule has 1 unspecified atom stereocenters. The van der Waals surface area contributed by atoms with Gasteiger partial charge in [-0.2, -0.15) is 11.8 Å². The number of thiazole rings is 1.